The molecule has 2 aromatic carbocycles. The monoisotopic (exact) mass is 1010 g/mol. The zero-order valence-electron chi connectivity index (χ0n) is 41.7. The number of pyridine rings is 2. The Morgan fingerprint density at radius 2 is 1.09 bits per heavy atom. The van der Waals surface area contributed by atoms with Crippen LogP contribution in [0.3, 0.4) is 0 Å². The van der Waals surface area contributed by atoms with Crippen LogP contribution in [0.1, 0.15) is 76.9 Å². The third-order valence-corrected chi connectivity index (χ3v) is 11.6. The molecule has 6 rings (SSSR count). The van der Waals surface area contributed by atoms with Crippen LogP contribution in [0.5, 0.6) is 0 Å². The van der Waals surface area contributed by atoms with E-state index < -0.39 is 23.4 Å². The standard InChI is InChI=1S/C31H47N5O4.C21H31N5.3ClH/c1-30(2,3)39-28(37)33-18-19-36-21-24(26(22-36)32-17-11-14-23-12-8-7-9-13-23)20-25-15-10-16-27(34-25)35-29(38)40-31(4,5)6;22-11-13-26-15-18(14-19-9-4-10-21(23)25-19)20(16-26)24-12-5-8-17-6-2-1-3-7-17;;;/h7-10,12-13,15-16,24,26,32H,11,14,17-22H2,1-6H3,(H,33,37)(H,34,35,38);1-4,6-7,9-10,18,20,24H,5,8,11-16,22H2,(H2,23,25);3*1H. The van der Waals surface area contributed by atoms with E-state index in [4.69, 9.17) is 20.9 Å². The van der Waals surface area contributed by atoms with E-state index in [1.54, 1.807) is 6.07 Å². The van der Waals surface area contributed by atoms with Crippen LogP contribution in [-0.2, 0) is 35.2 Å². The number of nitrogens with zero attached hydrogens (tertiary/aromatic N) is 4. The van der Waals surface area contributed by atoms with Crippen LogP contribution in [0.15, 0.2) is 97.1 Å². The number of likely N-dealkylation sites (tertiary alicyclic amines) is 2. The van der Waals surface area contributed by atoms with Gasteiger partial charge in [-0.15, -0.1) is 37.2 Å². The summed E-state index contributed by atoms with van der Waals surface area (Å²) in [5.74, 6) is 1.97. The van der Waals surface area contributed by atoms with Crippen molar-refractivity contribution in [3.63, 3.8) is 0 Å². The number of benzene rings is 2. The number of ether oxygens (including phenoxy) is 2. The van der Waals surface area contributed by atoms with Crippen LogP contribution in [0.25, 0.3) is 0 Å². The molecule has 4 unspecified atom stereocenters. The highest BCUT2D eigenvalue weighted by Crippen LogP contribution is 2.23. The number of hydrogen-bond donors (Lipinski definition) is 6. The molecule has 8 N–H and O–H groups in total. The van der Waals surface area contributed by atoms with Crippen molar-refractivity contribution in [2.24, 2.45) is 17.6 Å². The summed E-state index contributed by atoms with van der Waals surface area (Å²) in [4.78, 5) is 38.3. The largest absolute Gasteiger partial charge is 0.444 e. The van der Waals surface area contributed by atoms with E-state index in [2.05, 4.69) is 102 Å². The molecule has 2 aliphatic heterocycles. The minimum Gasteiger partial charge on any atom is -0.444 e. The lowest BCUT2D eigenvalue weighted by Gasteiger charge is -2.21. The molecule has 17 heteroatoms. The summed E-state index contributed by atoms with van der Waals surface area (Å²) >= 11 is 0. The fourth-order valence-electron chi connectivity index (χ4n) is 8.64. The number of nitrogens with two attached hydrogens (primary N) is 2. The second kappa shape index (κ2) is 31.2. The number of nitrogens with one attached hydrogen (secondary N) is 4. The first kappa shape index (κ1) is 60.9. The first-order valence-electron chi connectivity index (χ1n) is 23.9. The number of rotatable bonds is 20. The summed E-state index contributed by atoms with van der Waals surface area (Å²) < 4.78 is 10.7. The maximum absolute atomic E-state index is 12.2. The fraction of sp³-hybridized carbons (Fsp3) is 0.538. The van der Waals surface area contributed by atoms with Crippen molar-refractivity contribution in [1.82, 2.24) is 35.7 Å². The van der Waals surface area contributed by atoms with Crippen molar-refractivity contribution < 1.29 is 19.1 Å². The van der Waals surface area contributed by atoms with Gasteiger partial charge in [-0.3, -0.25) is 10.2 Å². The highest BCUT2D eigenvalue weighted by Gasteiger charge is 2.34. The molecule has 0 radical (unpaired) electrons. The van der Waals surface area contributed by atoms with E-state index >= 15 is 0 Å². The van der Waals surface area contributed by atoms with Crippen molar-refractivity contribution in [2.75, 3.05) is 76.5 Å². The number of anilines is 2. The minimum atomic E-state index is -0.577. The van der Waals surface area contributed by atoms with Gasteiger partial charge in [0, 0.05) is 75.8 Å². The van der Waals surface area contributed by atoms with Gasteiger partial charge in [-0.2, -0.15) is 0 Å². The maximum Gasteiger partial charge on any atom is 0.413 e. The van der Waals surface area contributed by atoms with Crippen molar-refractivity contribution in [1.29, 1.82) is 0 Å². The molecule has 0 saturated carbocycles. The molecule has 69 heavy (non-hydrogen) atoms. The average Bonchev–Trinajstić information content (AvgIpc) is 3.82. The number of amides is 2. The van der Waals surface area contributed by atoms with Crippen LogP contribution < -0.4 is 32.7 Å². The number of carbonyl (C=O) groups is 2. The molecule has 2 saturated heterocycles. The molecule has 2 aromatic heterocycles. The molecule has 0 spiro atoms. The van der Waals surface area contributed by atoms with E-state index in [1.807, 2.05) is 71.9 Å². The third kappa shape index (κ3) is 23.9. The van der Waals surface area contributed by atoms with E-state index in [9.17, 15) is 9.59 Å². The number of aromatic nitrogens is 2. The Hall–Kier alpha value is -4.25. The molecular formula is C52H81Cl3N10O4. The SMILES string of the molecule is CC(C)(C)OC(=O)NCCN1CC(Cc2cccc(NC(=O)OC(C)(C)C)n2)C(NCCCc2ccccc2)C1.Cl.Cl.Cl.NCCN1CC(Cc2cccc(N)n2)C(NCCCc2ccccc2)C1. The van der Waals surface area contributed by atoms with Gasteiger partial charge >= 0.3 is 12.2 Å². The fourth-order valence-corrected chi connectivity index (χ4v) is 8.64. The number of halogens is 3. The van der Waals surface area contributed by atoms with Gasteiger partial charge in [0.1, 0.15) is 22.8 Å². The second-order valence-corrected chi connectivity index (χ2v) is 19.7. The Bertz CT molecular complexity index is 2040. The number of hydrogen-bond acceptors (Lipinski definition) is 12. The highest BCUT2D eigenvalue weighted by atomic mass is 35.5. The smallest absolute Gasteiger partial charge is 0.413 e. The lowest BCUT2D eigenvalue weighted by Crippen LogP contribution is -2.39. The van der Waals surface area contributed by atoms with Gasteiger partial charge < -0.3 is 41.8 Å². The predicted octanol–water partition coefficient (Wildman–Crippen LogP) is 7.97. The zero-order valence-corrected chi connectivity index (χ0v) is 44.1. The number of alkyl carbamates (subject to hydrolysis) is 1. The first-order chi connectivity index (χ1) is 31.6. The number of carbonyl (C=O) groups excluding carboxylic acids is 2. The van der Waals surface area contributed by atoms with E-state index in [0.717, 1.165) is 102 Å². The topological polar surface area (TPSA) is 185 Å². The second-order valence-electron chi connectivity index (χ2n) is 19.7. The Balaban J connectivity index is 0.000000490. The molecule has 4 atom stereocenters. The van der Waals surface area contributed by atoms with Gasteiger partial charge in [-0.25, -0.2) is 19.6 Å². The molecule has 2 amide bonds. The summed E-state index contributed by atoms with van der Waals surface area (Å²) in [6.45, 7) is 19.9. The maximum atomic E-state index is 12.2. The van der Waals surface area contributed by atoms with E-state index in [1.165, 1.54) is 11.1 Å². The highest BCUT2D eigenvalue weighted by molar-refractivity contribution is 5.86. The third-order valence-electron chi connectivity index (χ3n) is 11.6. The van der Waals surface area contributed by atoms with Crippen LogP contribution in [0, 0.1) is 11.8 Å². The lowest BCUT2D eigenvalue weighted by atomic mass is 9.97. The zero-order chi connectivity index (χ0) is 47.4. The normalized spacial score (nSPS) is 18.1. The summed E-state index contributed by atoms with van der Waals surface area (Å²) in [6.07, 6.45) is 5.20. The van der Waals surface area contributed by atoms with Crippen LogP contribution in [-0.4, -0.2) is 121 Å². The summed E-state index contributed by atoms with van der Waals surface area (Å²) in [6, 6.07) is 33.6. The first-order valence-corrected chi connectivity index (χ1v) is 23.9. The molecule has 0 aliphatic carbocycles. The van der Waals surface area contributed by atoms with Gasteiger partial charge in [-0.05, 0) is 140 Å². The lowest BCUT2D eigenvalue weighted by molar-refractivity contribution is 0.0522. The van der Waals surface area contributed by atoms with E-state index in [0.29, 0.717) is 48.6 Å². The summed E-state index contributed by atoms with van der Waals surface area (Å²) in [7, 11) is 0. The van der Waals surface area contributed by atoms with Crippen molar-refractivity contribution in [3.05, 3.63) is 120 Å². The van der Waals surface area contributed by atoms with Gasteiger partial charge in [0.05, 0.1) is 0 Å². The molecule has 14 nitrogen and oxygen atoms in total. The van der Waals surface area contributed by atoms with E-state index in [-0.39, 0.29) is 37.2 Å². The molecule has 2 aliphatic rings. The molecule has 2 fully saturated rings. The predicted molar refractivity (Wildman–Crippen MR) is 288 cm³/mol. The molecule has 0 bridgehead atoms. The van der Waals surface area contributed by atoms with Gasteiger partial charge in [0.15, 0.2) is 0 Å². The Morgan fingerprint density at radius 3 is 1.58 bits per heavy atom. The average molecular weight is 1020 g/mol. The minimum absolute atomic E-state index is 0. The van der Waals surface area contributed by atoms with Gasteiger partial charge in [0.2, 0.25) is 0 Å². The summed E-state index contributed by atoms with van der Waals surface area (Å²) in [5, 5.41) is 13.2. The van der Waals surface area contributed by atoms with Gasteiger partial charge in [0.25, 0.3) is 0 Å². The number of nitrogen functional groups attached to an aromatic ring is 1. The van der Waals surface area contributed by atoms with Crippen molar-refractivity contribution in [3.8, 4) is 0 Å². The molecular weight excluding hydrogens is 935 g/mol. The van der Waals surface area contributed by atoms with Crippen molar-refractivity contribution >= 4 is 61.0 Å². The van der Waals surface area contributed by atoms with Gasteiger partial charge in [-0.1, -0.05) is 72.8 Å². The van der Waals surface area contributed by atoms with Crippen LogP contribution in [0.2, 0.25) is 0 Å². The van der Waals surface area contributed by atoms with Crippen LogP contribution in [0.4, 0.5) is 21.2 Å². The Morgan fingerprint density at radius 1 is 0.609 bits per heavy atom. The molecule has 384 valence electrons. The quantitative estimate of drug-likeness (QED) is 0.0470. The Labute approximate surface area is 430 Å². The number of aryl methyl sites for hydroxylation is 2. The molecule has 4 heterocycles. The summed E-state index contributed by atoms with van der Waals surface area (Å²) in [5.41, 5.74) is 15.3. The Kier molecular flexibility index (Phi) is 27.5. The van der Waals surface area contributed by atoms with Crippen LogP contribution >= 0.6 is 37.2 Å². The van der Waals surface area contributed by atoms with Crippen molar-refractivity contribution in [2.45, 2.75) is 103 Å². The molecule has 4 aromatic rings.